The molecule has 5 nitrogen and oxygen atoms in total. The largest absolute Gasteiger partial charge is 0.354 e. The SMILES string of the molecule is Cc1cnn(C2CCN(c3nc(C)nc4c3CCC4)C2)c1. The summed E-state index contributed by atoms with van der Waals surface area (Å²) in [6, 6.07) is 0.464. The van der Waals surface area contributed by atoms with E-state index >= 15 is 0 Å². The molecule has 4 rings (SSSR count). The smallest absolute Gasteiger partial charge is 0.135 e. The van der Waals surface area contributed by atoms with Gasteiger partial charge < -0.3 is 4.90 Å². The third kappa shape index (κ3) is 2.20. The van der Waals surface area contributed by atoms with Crippen molar-refractivity contribution in [3.63, 3.8) is 0 Å². The topological polar surface area (TPSA) is 46.8 Å². The lowest BCUT2D eigenvalue weighted by molar-refractivity contribution is 0.494. The number of rotatable bonds is 2. The molecule has 3 heterocycles. The molecule has 1 saturated heterocycles. The van der Waals surface area contributed by atoms with Crippen LogP contribution in [0.25, 0.3) is 0 Å². The molecule has 110 valence electrons. The summed E-state index contributed by atoms with van der Waals surface area (Å²) >= 11 is 0. The van der Waals surface area contributed by atoms with E-state index < -0.39 is 0 Å². The minimum absolute atomic E-state index is 0.464. The van der Waals surface area contributed by atoms with Gasteiger partial charge in [-0.3, -0.25) is 4.68 Å². The molecule has 5 heteroatoms. The molecular formula is C16H21N5. The monoisotopic (exact) mass is 283 g/mol. The van der Waals surface area contributed by atoms with Gasteiger partial charge in [-0.15, -0.1) is 0 Å². The van der Waals surface area contributed by atoms with Gasteiger partial charge in [0.15, 0.2) is 0 Å². The normalized spacial score (nSPS) is 21.0. The van der Waals surface area contributed by atoms with E-state index in [1.54, 1.807) is 0 Å². The van der Waals surface area contributed by atoms with Gasteiger partial charge in [0.2, 0.25) is 0 Å². The summed E-state index contributed by atoms with van der Waals surface area (Å²) in [6.45, 7) is 6.17. The first-order valence-electron chi connectivity index (χ1n) is 7.83. The van der Waals surface area contributed by atoms with E-state index in [1.807, 2.05) is 13.1 Å². The van der Waals surface area contributed by atoms with Crippen LogP contribution >= 0.6 is 0 Å². The zero-order chi connectivity index (χ0) is 14.4. The Morgan fingerprint density at radius 3 is 2.90 bits per heavy atom. The van der Waals surface area contributed by atoms with Crippen LogP contribution < -0.4 is 4.90 Å². The standard InChI is InChI=1S/C16H21N5/c1-11-8-17-21(9-11)13-6-7-20(10-13)16-14-4-3-5-15(14)18-12(2)19-16/h8-9,13H,3-7,10H2,1-2H3. The van der Waals surface area contributed by atoms with Crippen LogP contribution in [0.3, 0.4) is 0 Å². The number of aromatic nitrogens is 4. The number of fused-ring (bicyclic) bond motifs is 1. The first kappa shape index (κ1) is 12.8. The van der Waals surface area contributed by atoms with E-state index in [-0.39, 0.29) is 0 Å². The van der Waals surface area contributed by atoms with E-state index in [9.17, 15) is 0 Å². The van der Waals surface area contributed by atoms with E-state index in [0.717, 1.165) is 38.2 Å². The van der Waals surface area contributed by atoms with Crippen LogP contribution in [-0.4, -0.2) is 32.8 Å². The molecule has 0 N–H and O–H groups in total. The molecular weight excluding hydrogens is 262 g/mol. The number of anilines is 1. The third-order valence-corrected chi connectivity index (χ3v) is 4.59. The lowest BCUT2D eigenvalue weighted by atomic mass is 10.2. The highest BCUT2D eigenvalue weighted by Crippen LogP contribution is 2.33. The van der Waals surface area contributed by atoms with Crippen LogP contribution in [0.1, 0.15) is 41.5 Å². The van der Waals surface area contributed by atoms with Gasteiger partial charge in [0.05, 0.1) is 12.2 Å². The van der Waals surface area contributed by atoms with Gasteiger partial charge in [-0.2, -0.15) is 5.10 Å². The fourth-order valence-corrected chi connectivity index (χ4v) is 3.58. The molecule has 1 fully saturated rings. The van der Waals surface area contributed by atoms with Crippen molar-refractivity contribution in [2.45, 2.75) is 45.6 Å². The molecule has 0 spiro atoms. The second kappa shape index (κ2) is 4.83. The Hall–Kier alpha value is -1.91. The summed E-state index contributed by atoms with van der Waals surface area (Å²) < 4.78 is 2.11. The van der Waals surface area contributed by atoms with Gasteiger partial charge in [0, 0.05) is 30.5 Å². The summed E-state index contributed by atoms with van der Waals surface area (Å²) in [4.78, 5) is 11.8. The molecule has 0 saturated carbocycles. The van der Waals surface area contributed by atoms with Crippen LogP contribution in [-0.2, 0) is 12.8 Å². The van der Waals surface area contributed by atoms with Crippen LogP contribution in [0.2, 0.25) is 0 Å². The lowest BCUT2D eigenvalue weighted by Gasteiger charge is -2.21. The van der Waals surface area contributed by atoms with Gasteiger partial charge in [-0.1, -0.05) is 0 Å². The van der Waals surface area contributed by atoms with Crippen LogP contribution in [0.5, 0.6) is 0 Å². The summed E-state index contributed by atoms with van der Waals surface area (Å²) in [7, 11) is 0. The molecule has 0 bridgehead atoms. The maximum Gasteiger partial charge on any atom is 0.135 e. The second-order valence-electron chi connectivity index (χ2n) is 6.26. The van der Waals surface area contributed by atoms with Crippen LogP contribution in [0.4, 0.5) is 5.82 Å². The number of hydrogen-bond acceptors (Lipinski definition) is 4. The highest BCUT2D eigenvalue weighted by atomic mass is 15.3. The van der Waals surface area contributed by atoms with Crippen LogP contribution in [0.15, 0.2) is 12.4 Å². The predicted octanol–water partition coefficient (Wildman–Crippen LogP) is 2.23. The quantitative estimate of drug-likeness (QED) is 0.848. The molecule has 1 aliphatic heterocycles. The summed E-state index contributed by atoms with van der Waals surface area (Å²) in [5.41, 5.74) is 3.89. The summed E-state index contributed by atoms with van der Waals surface area (Å²) in [6.07, 6.45) is 8.68. The Labute approximate surface area is 125 Å². The molecule has 2 aromatic rings. The fraction of sp³-hybridized carbons (Fsp3) is 0.562. The lowest BCUT2D eigenvalue weighted by Crippen LogP contribution is -2.24. The van der Waals surface area contributed by atoms with Crippen molar-refractivity contribution < 1.29 is 0 Å². The molecule has 0 amide bonds. The van der Waals surface area contributed by atoms with Gasteiger partial charge >= 0.3 is 0 Å². The van der Waals surface area contributed by atoms with Crippen molar-refractivity contribution in [3.8, 4) is 0 Å². The fourth-order valence-electron chi connectivity index (χ4n) is 3.58. The minimum Gasteiger partial charge on any atom is -0.354 e. The second-order valence-corrected chi connectivity index (χ2v) is 6.26. The molecule has 2 aliphatic rings. The van der Waals surface area contributed by atoms with E-state index in [0.29, 0.717) is 6.04 Å². The highest BCUT2D eigenvalue weighted by molar-refractivity contribution is 5.52. The highest BCUT2D eigenvalue weighted by Gasteiger charge is 2.29. The maximum atomic E-state index is 4.75. The van der Waals surface area contributed by atoms with Crippen molar-refractivity contribution in [1.29, 1.82) is 0 Å². The number of hydrogen-bond donors (Lipinski definition) is 0. The first-order chi connectivity index (χ1) is 10.2. The van der Waals surface area contributed by atoms with Gasteiger partial charge in [-0.25, -0.2) is 9.97 Å². The van der Waals surface area contributed by atoms with Crippen molar-refractivity contribution in [2.24, 2.45) is 0 Å². The zero-order valence-corrected chi connectivity index (χ0v) is 12.7. The average Bonchev–Trinajstić information content (AvgIpc) is 3.15. The molecule has 0 radical (unpaired) electrons. The Morgan fingerprint density at radius 2 is 2.10 bits per heavy atom. The molecule has 1 unspecified atom stereocenters. The molecule has 2 aromatic heterocycles. The summed E-state index contributed by atoms with van der Waals surface area (Å²) in [5.74, 6) is 2.09. The first-order valence-corrected chi connectivity index (χ1v) is 7.83. The third-order valence-electron chi connectivity index (χ3n) is 4.59. The summed E-state index contributed by atoms with van der Waals surface area (Å²) in [5, 5.41) is 4.47. The van der Waals surface area contributed by atoms with E-state index in [4.69, 9.17) is 4.98 Å². The van der Waals surface area contributed by atoms with Gasteiger partial charge in [0.25, 0.3) is 0 Å². The Kier molecular flexibility index (Phi) is 2.94. The van der Waals surface area contributed by atoms with Crippen molar-refractivity contribution in [1.82, 2.24) is 19.7 Å². The molecule has 1 atom stereocenters. The van der Waals surface area contributed by atoms with Gasteiger partial charge in [-0.05, 0) is 45.1 Å². The van der Waals surface area contributed by atoms with Gasteiger partial charge in [0.1, 0.15) is 11.6 Å². The van der Waals surface area contributed by atoms with E-state index in [2.05, 4.69) is 32.8 Å². The maximum absolute atomic E-state index is 4.75. The van der Waals surface area contributed by atoms with Crippen molar-refractivity contribution in [2.75, 3.05) is 18.0 Å². The molecule has 0 aromatic carbocycles. The zero-order valence-electron chi connectivity index (χ0n) is 12.7. The Balaban J connectivity index is 1.61. The average molecular weight is 283 g/mol. The Morgan fingerprint density at radius 1 is 1.19 bits per heavy atom. The number of aryl methyl sites for hydroxylation is 3. The predicted molar refractivity (Wildman–Crippen MR) is 81.6 cm³/mol. The van der Waals surface area contributed by atoms with Crippen LogP contribution in [0, 0.1) is 13.8 Å². The molecule has 21 heavy (non-hydrogen) atoms. The Bertz CT molecular complexity index is 675. The van der Waals surface area contributed by atoms with Crippen molar-refractivity contribution in [3.05, 3.63) is 35.0 Å². The number of nitrogens with zero attached hydrogens (tertiary/aromatic N) is 5. The molecule has 1 aliphatic carbocycles. The van der Waals surface area contributed by atoms with Crippen molar-refractivity contribution >= 4 is 5.82 Å². The minimum atomic E-state index is 0.464. The van der Waals surface area contributed by atoms with E-state index in [1.165, 1.54) is 29.1 Å².